The number of aromatic nitrogens is 1. The van der Waals surface area contributed by atoms with Gasteiger partial charge in [0.15, 0.2) is 0 Å². The number of halogens is 1. The van der Waals surface area contributed by atoms with Gasteiger partial charge in [0.1, 0.15) is 11.9 Å². The molecule has 2 amide bonds. The van der Waals surface area contributed by atoms with Gasteiger partial charge in [-0.1, -0.05) is 12.1 Å². The molecule has 1 unspecified atom stereocenters. The normalized spacial score (nSPS) is 16.8. The average Bonchev–Trinajstić information content (AvgIpc) is 3.19. The minimum atomic E-state index is -0.459. The molecule has 1 atom stereocenters. The van der Waals surface area contributed by atoms with Crippen LogP contribution < -0.4 is 0 Å². The number of hydrogen-bond donors (Lipinski definition) is 0. The van der Waals surface area contributed by atoms with Crippen LogP contribution >= 0.6 is 11.8 Å². The molecule has 0 aliphatic carbocycles. The molecular weight excluding hydrogens is 353 g/mol. The summed E-state index contributed by atoms with van der Waals surface area (Å²) in [6.07, 6.45) is 0. The first-order chi connectivity index (χ1) is 12.3. The Labute approximate surface area is 156 Å². The van der Waals surface area contributed by atoms with Crippen molar-refractivity contribution >= 4 is 23.6 Å². The lowest BCUT2D eigenvalue weighted by molar-refractivity contribution is -0.132. The average molecular weight is 375 g/mol. The van der Waals surface area contributed by atoms with E-state index >= 15 is 0 Å². The Morgan fingerprint density at radius 2 is 1.92 bits per heavy atom. The Hall–Kier alpha value is -2.28. The number of amides is 2. The maximum Gasteiger partial charge on any atom is 0.257 e. The molecule has 1 fully saturated rings. The zero-order valence-electron chi connectivity index (χ0n) is 15.3. The summed E-state index contributed by atoms with van der Waals surface area (Å²) in [5.41, 5.74) is 2.37. The first-order valence-electron chi connectivity index (χ1n) is 8.36. The van der Waals surface area contributed by atoms with E-state index in [9.17, 15) is 14.0 Å². The monoisotopic (exact) mass is 375 g/mol. The number of benzene rings is 1. The molecule has 1 aliphatic rings. The maximum absolute atomic E-state index is 14.2. The quantitative estimate of drug-likeness (QED) is 0.829. The van der Waals surface area contributed by atoms with Crippen molar-refractivity contribution in [2.45, 2.75) is 19.9 Å². The molecule has 7 heteroatoms. The molecule has 2 aromatic rings. The number of carbonyl (C=O) groups excluding carboxylic acids is 2. The summed E-state index contributed by atoms with van der Waals surface area (Å²) >= 11 is 1.57. The summed E-state index contributed by atoms with van der Waals surface area (Å²) in [5.74, 6) is 0.462. The number of rotatable bonds is 3. The van der Waals surface area contributed by atoms with E-state index < -0.39 is 6.04 Å². The molecule has 0 saturated carbocycles. The van der Waals surface area contributed by atoms with E-state index in [1.807, 2.05) is 6.92 Å². The van der Waals surface area contributed by atoms with Crippen molar-refractivity contribution < 1.29 is 14.0 Å². The second-order valence-corrected chi connectivity index (χ2v) is 7.59. The molecule has 1 saturated heterocycles. The second kappa shape index (κ2) is 7.15. The predicted molar refractivity (Wildman–Crippen MR) is 101 cm³/mol. The molecule has 1 aliphatic heterocycles. The predicted octanol–water partition coefficient (Wildman–Crippen LogP) is 2.84. The van der Waals surface area contributed by atoms with Crippen molar-refractivity contribution in [2.24, 2.45) is 0 Å². The molecule has 0 bridgehead atoms. The Morgan fingerprint density at radius 1 is 1.23 bits per heavy atom. The zero-order chi connectivity index (χ0) is 19.0. The van der Waals surface area contributed by atoms with E-state index in [1.54, 1.807) is 66.5 Å². The highest BCUT2D eigenvalue weighted by atomic mass is 32.2. The van der Waals surface area contributed by atoms with Gasteiger partial charge in [-0.3, -0.25) is 9.59 Å². The van der Waals surface area contributed by atoms with Crippen LogP contribution in [0, 0.1) is 19.7 Å². The number of carbonyl (C=O) groups is 2. The van der Waals surface area contributed by atoms with Gasteiger partial charge in [0.25, 0.3) is 5.91 Å². The van der Waals surface area contributed by atoms with Crippen LogP contribution in [0.3, 0.4) is 0 Å². The van der Waals surface area contributed by atoms with Crippen LogP contribution in [0.4, 0.5) is 4.39 Å². The minimum Gasteiger partial charge on any atom is -0.347 e. The highest BCUT2D eigenvalue weighted by Gasteiger charge is 2.37. The number of likely N-dealkylation sites (N-methyl/N-ethyl adjacent to an activating group) is 1. The molecule has 5 nitrogen and oxygen atoms in total. The van der Waals surface area contributed by atoms with Crippen LogP contribution in [0.1, 0.15) is 21.7 Å². The molecule has 26 heavy (non-hydrogen) atoms. The Kier molecular flexibility index (Phi) is 5.09. The molecule has 2 heterocycles. The topological polar surface area (TPSA) is 45.6 Å². The number of hydrogen-bond acceptors (Lipinski definition) is 3. The minimum absolute atomic E-state index is 0.0775. The van der Waals surface area contributed by atoms with Crippen molar-refractivity contribution in [1.82, 2.24) is 14.4 Å². The number of thioether (sulfide) groups is 1. The van der Waals surface area contributed by atoms with Crippen LogP contribution in [-0.2, 0) is 4.79 Å². The fourth-order valence-corrected chi connectivity index (χ4v) is 4.43. The molecule has 1 aromatic carbocycles. The number of nitrogens with zero attached hydrogens (tertiary/aromatic N) is 3. The number of aryl methyl sites for hydroxylation is 1. The van der Waals surface area contributed by atoms with Crippen LogP contribution in [0.2, 0.25) is 0 Å². The van der Waals surface area contributed by atoms with Crippen molar-refractivity contribution in [1.29, 1.82) is 0 Å². The van der Waals surface area contributed by atoms with E-state index in [0.717, 1.165) is 5.69 Å². The van der Waals surface area contributed by atoms with E-state index in [-0.39, 0.29) is 17.6 Å². The van der Waals surface area contributed by atoms with E-state index in [2.05, 4.69) is 0 Å². The first-order valence-corrected chi connectivity index (χ1v) is 9.52. The van der Waals surface area contributed by atoms with Crippen LogP contribution in [-0.4, -0.2) is 57.9 Å². The molecule has 3 rings (SSSR count). The van der Waals surface area contributed by atoms with Gasteiger partial charge in [-0.2, -0.15) is 0 Å². The molecular formula is C19H22FN3O2S. The third-order valence-corrected chi connectivity index (χ3v) is 5.64. The largest absolute Gasteiger partial charge is 0.347 e. The van der Waals surface area contributed by atoms with Crippen molar-refractivity contribution in [3.05, 3.63) is 53.1 Å². The lowest BCUT2D eigenvalue weighted by Crippen LogP contribution is -2.46. The van der Waals surface area contributed by atoms with E-state index in [1.165, 1.54) is 11.0 Å². The van der Waals surface area contributed by atoms with Gasteiger partial charge >= 0.3 is 0 Å². The molecule has 0 radical (unpaired) electrons. The lowest BCUT2D eigenvalue weighted by Gasteiger charge is -2.25. The lowest BCUT2D eigenvalue weighted by atomic mass is 10.1. The van der Waals surface area contributed by atoms with Gasteiger partial charge < -0.3 is 14.4 Å². The van der Waals surface area contributed by atoms with Gasteiger partial charge in [0, 0.05) is 31.2 Å². The van der Waals surface area contributed by atoms with Gasteiger partial charge in [-0.05, 0) is 32.0 Å². The third-order valence-electron chi connectivity index (χ3n) is 4.62. The standard InChI is InChI=1S/C19H22FN3O2S/c1-12-9-14(13(2)23(12)16-8-6-5-7-15(16)20)18(24)22-11-26-10-17(22)19(25)21(3)4/h5-9,17H,10-11H2,1-4H3. The van der Waals surface area contributed by atoms with Gasteiger partial charge in [0.05, 0.1) is 17.1 Å². The second-order valence-electron chi connectivity index (χ2n) is 6.59. The summed E-state index contributed by atoms with van der Waals surface area (Å²) in [4.78, 5) is 28.6. The first kappa shape index (κ1) is 18.5. The van der Waals surface area contributed by atoms with E-state index in [4.69, 9.17) is 0 Å². The van der Waals surface area contributed by atoms with Gasteiger partial charge in [-0.25, -0.2) is 4.39 Å². The Bertz CT molecular complexity index is 862. The van der Waals surface area contributed by atoms with Gasteiger partial charge in [-0.15, -0.1) is 11.8 Å². The maximum atomic E-state index is 14.2. The number of para-hydroxylation sites is 1. The summed E-state index contributed by atoms with van der Waals surface area (Å²) in [6.45, 7) is 3.65. The molecule has 0 N–H and O–H groups in total. The fraction of sp³-hybridized carbons (Fsp3) is 0.368. The molecule has 1 aromatic heterocycles. The summed E-state index contributed by atoms with van der Waals surface area (Å²) < 4.78 is 16.0. The molecule has 138 valence electrons. The van der Waals surface area contributed by atoms with Crippen LogP contribution in [0.5, 0.6) is 0 Å². The highest BCUT2D eigenvalue weighted by Crippen LogP contribution is 2.28. The Balaban J connectivity index is 1.98. The Morgan fingerprint density at radius 3 is 2.58 bits per heavy atom. The summed E-state index contributed by atoms with van der Waals surface area (Å²) in [7, 11) is 3.38. The summed E-state index contributed by atoms with van der Waals surface area (Å²) in [6, 6.07) is 7.80. The van der Waals surface area contributed by atoms with Gasteiger partial charge in [0.2, 0.25) is 5.91 Å². The summed E-state index contributed by atoms with van der Waals surface area (Å²) in [5, 5.41) is 0. The van der Waals surface area contributed by atoms with Crippen molar-refractivity contribution in [3.8, 4) is 5.69 Å². The van der Waals surface area contributed by atoms with Crippen molar-refractivity contribution in [2.75, 3.05) is 25.7 Å². The van der Waals surface area contributed by atoms with Crippen LogP contribution in [0.25, 0.3) is 5.69 Å². The highest BCUT2D eigenvalue weighted by molar-refractivity contribution is 7.99. The van der Waals surface area contributed by atoms with Crippen LogP contribution in [0.15, 0.2) is 30.3 Å². The molecule has 0 spiro atoms. The SMILES string of the molecule is Cc1cc(C(=O)N2CSCC2C(=O)N(C)C)c(C)n1-c1ccccc1F. The fourth-order valence-electron chi connectivity index (χ4n) is 3.28. The zero-order valence-corrected chi connectivity index (χ0v) is 16.1. The van der Waals surface area contributed by atoms with Crippen molar-refractivity contribution in [3.63, 3.8) is 0 Å². The third kappa shape index (κ3) is 3.11. The van der Waals surface area contributed by atoms with E-state index in [0.29, 0.717) is 28.6 Å². The smallest absolute Gasteiger partial charge is 0.257 e.